The van der Waals surface area contributed by atoms with Crippen molar-refractivity contribution in [3.63, 3.8) is 0 Å². The Labute approximate surface area is 77.0 Å². The summed E-state index contributed by atoms with van der Waals surface area (Å²) in [6.45, 7) is 9.63. The molecule has 0 aromatic carbocycles. The third-order valence-electron chi connectivity index (χ3n) is 2.52. The molecule has 0 fully saturated rings. The molecular formula is C11H23N. The maximum atomic E-state index is 5.59. The van der Waals surface area contributed by atoms with Gasteiger partial charge < -0.3 is 5.73 Å². The first kappa shape index (κ1) is 11.7. The van der Waals surface area contributed by atoms with Gasteiger partial charge in [-0.1, -0.05) is 25.5 Å². The third kappa shape index (κ3) is 5.36. The van der Waals surface area contributed by atoms with Crippen LogP contribution in [0.25, 0.3) is 0 Å². The second-order valence-corrected chi connectivity index (χ2v) is 4.05. The summed E-state index contributed by atoms with van der Waals surface area (Å²) < 4.78 is 0. The van der Waals surface area contributed by atoms with E-state index >= 15 is 0 Å². The zero-order chi connectivity index (χ0) is 9.56. The summed E-state index contributed by atoms with van der Waals surface area (Å²) in [5, 5.41) is 0. The van der Waals surface area contributed by atoms with Crippen LogP contribution in [0.3, 0.4) is 0 Å². The van der Waals surface area contributed by atoms with Crippen LogP contribution in [0.5, 0.6) is 0 Å². The van der Waals surface area contributed by atoms with Crippen molar-refractivity contribution in [1.82, 2.24) is 0 Å². The SMILES string of the molecule is CC(C)=CCC[C@H](C)[C@@H](C)CN. The first-order valence-electron chi connectivity index (χ1n) is 4.91. The van der Waals surface area contributed by atoms with E-state index in [1.807, 2.05) is 0 Å². The molecule has 0 unspecified atom stereocenters. The van der Waals surface area contributed by atoms with Crippen LogP contribution in [0.1, 0.15) is 40.5 Å². The monoisotopic (exact) mass is 169 g/mol. The average Bonchev–Trinajstić information content (AvgIpc) is 2.02. The summed E-state index contributed by atoms with van der Waals surface area (Å²) >= 11 is 0. The molecule has 0 heterocycles. The molecule has 1 nitrogen and oxygen atoms in total. The third-order valence-corrected chi connectivity index (χ3v) is 2.52. The Morgan fingerprint density at radius 3 is 2.25 bits per heavy atom. The number of nitrogens with two attached hydrogens (primary N) is 1. The Morgan fingerprint density at radius 1 is 1.25 bits per heavy atom. The molecule has 0 spiro atoms. The fourth-order valence-electron chi connectivity index (χ4n) is 1.15. The molecule has 12 heavy (non-hydrogen) atoms. The lowest BCUT2D eigenvalue weighted by Gasteiger charge is -2.16. The van der Waals surface area contributed by atoms with Gasteiger partial charge in [-0.2, -0.15) is 0 Å². The molecule has 0 aliphatic carbocycles. The van der Waals surface area contributed by atoms with Gasteiger partial charge in [0.25, 0.3) is 0 Å². The van der Waals surface area contributed by atoms with Crippen molar-refractivity contribution in [2.24, 2.45) is 17.6 Å². The van der Waals surface area contributed by atoms with Crippen LogP contribution in [-0.4, -0.2) is 6.54 Å². The average molecular weight is 169 g/mol. The molecule has 0 saturated heterocycles. The Bertz CT molecular complexity index is 134. The van der Waals surface area contributed by atoms with Gasteiger partial charge in [-0.3, -0.25) is 0 Å². The lowest BCUT2D eigenvalue weighted by atomic mass is 9.91. The largest absolute Gasteiger partial charge is 0.330 e. The zero-order valence-electron chi connectivity index (χ0n) is 8.93. The van der Waals surface area contributed by atoms with E-state index in [-0.39, 0.29) is 0 Å². The van der Waals surface area contributed by atoms with Gasteiger partial charge in [0.2, 0.25) is 0 Å². The number of hydrogen-bond donors (Lipinski definition) is 1. The maximum absolute atomic E-state index is 5.59. The number of allylic oxidation sites excluding steroid dienone is 2. The van der Waals surface area contributed by atoms with Gasteiger partial charge in [-0.15, -0.1) is 0 Å². The molecule has 2 N–H and O–H groups in total. The lowest BCUT2D eigenvalue weighted by molar-refractivity contribution is 0.375. The van der Waals surface area contributed by atoms with Crippen LogP contribution >= 0.6 is 0 Å². The predicted octanol–water partition coefficient (Wildman–Crippen LogP) is 2.96. The van der Waals surface area contributed by atoms with Gasteiger partial charge in [0.15, 0.2) is 0 Å². The smallest absolute Gasteiger partial charge is 0.00490 e. The highest BCUT2D eigenvalue weighted by Crippen LogP contribution is 2.16. The van der Waals surface area contributed by atoms with Gasteiger partial charge in [0.1, 0.15) is 0 Å². The van der Waals surface area contributed by atoms with E-state index in [0.29, 0.717) is 5.92 Å². The molecule has 2 atom stereocenters. The summed E-state index contributed by atoms with van der Waals surface area (Å²) in [6, 6.07) is 0. The highest BCUT2D eigenvalue weighted by molar-refractivity contribution is 4.92. The van der Waals surface area contributed by atoms with Crippen molar-refractivity contribution in [2.45, 2.75) is 40.5 Å². The van der Waals surface area contributed by atoms with Gasteiger partial charge >= 0.3 is 0 Å². The van der Waals surface area contributed by atoms with E-state index in [9.17, 15) is 0 Å². The predicted molar refractivity (Wildman–Crippen MR) is 56.0 cm³/mol. The molecule has 0 amide bonds. The topological polar surface area (TPSA) is 26.0 Å². The Morgan fingerprint density at radius 2 is 1.83 bits per heavy atom. The van der Waals surface area contributed by atoms with Crippen molar-refractivity contribution in [1.29, 1.82) is 0 Å². The summed E-state index contributed by atoms with van der Waals surface area (Å²) in [5.41, 5.74) is 7.01. The van der Waals surface area contributed by atoms with Crippen LogP contribution in [0.4, 0.5) is 0 Å². The van der Waals surface area contributed by atoms with Gasteiger partial charge in [-0.05, 0) is 45.1 Å². The first-order valence-corrected chi connectivity index (χ1v) is 4.91. The van der Waals surface area contributed by atoms with E-state index in [1.165, 1.54) is 18.4 Å². The molecule has 1 heteroatoms. The normalized spacial score (nSPS) is 15.4. The van der Waals surface area contributed by atoms with Crippen LogP contribution in [0.15, 0.2) is 11.6 Å². The quantitative estimate of drug-likeness (QED) is 0.629. The van der Waals surface area contributed by atoms with Crippen LogP contribution in [-0.2, 0) is 0 Å². The van der Waals surface area contributed by atoms with Crippen molar-refractivity contribution < 1.29 is 0 Å². The molecular weight excluding hydrogens is 146 g/mol. The Kier molecular flexibility index (Phi) is 6.09. The lowest BCUT2D eigenvalue weighted by Crippen LogP contribution is -2.18. The van der Waals surface area contributed by atoms with Crippen molar-refractivity contribution in [3.05, 3.63) is 11.6 Å². The van der Waals surface area contributed by atoms with Gasteiger partial charge in [-0.25, -0.2) is 0 Å². The molecule has 0 rings (SSSR count). The second kappa shape index (κ2) is 6.24. The van der Waals surface area contributed by atoms with Crippen molar-refractivity contribution in [2.75, 3.05) is 6.54 Å². The minimum absolute atomic E-state index is 0.663. The second-order valence-electron chi connectivity index (χ2n) is 4.05. The summed E-state index contributed by atoms with van der Waals surface area (Å²) in [7, 11) is 0. The van der Waals surface area contributed by atoms with E-state index in [1.54, 1.807) is 0 Å². The minimum atomic E-state index is 0.663. The van der Waals surface area contributed by atoms with Crippen molar-refractivity contribution >= 4 is 0 Å². The van der Waals surface area contributed by atoms with E-state index in [4.69, 9.17) is 5.73 Å². The van der Waals surface area contributed by atoms with Crippen LogP contribution in [0, 0.1) is 11.8 Å². The molecule has 0 bridgehead atoms. The fraction of sp³-hybridized carbons (Fsp3) is 0.818. The standard InChI is InChI=1S/C11H23N/c1-9(2)6-5-7-10(3)11(4)8-12/h6,10-11H,5,7-8,12H2,1-4H3/t10-,11-/m0/s1. The van der Waals surface area contributed by atoms with Gasteiger partial charge in [0, 0.05) is 0 Å². The molecule has 0 aliphatic heterocycles. The Hall–Kier alpha value is -0.300. The van der Waals surface area contributed by atoms with Crippen molar-refractivity contribution in [3.8, 4) is 0 Å². The highest BCUT2D eigenvalue weighted by Gasteiger charge is 2.08. The molecule has 0 aromatic rings. The Balaban J connectivity index is 3.57. The zero-order valence-corrected chi connectivity index (χ0v) is 8.93. The molecule has 0 aliphatic rings. The first-order chi connectivity index (χ1) is 5.57. The summed E-state index contributed by atoms with van der Waals surface area (Å²) in [5.74, 6) is 1.42. The maximum Gasteiger partial charge on any atom is -0.00490 e. The molecule has 0 radical (unpaired) electrons. The minimum Gasteiger partial charge on any atom is -0.330 e. The van der Waals surface area contributed by atoms with Crippen LogP contribution < -0.4 is 5.73 Å². The molecule has 0 aromatic heterocycles. The fourth-order valence-corrected chi connectivity index (χ4v) is 1.15. The van der Waals surface area contributed by atoms with E-state index < -0.39 is 0 Å². The van der Waals surface area contributed by atoms with E-state index in [2.05, 4.69) is 33.8 Å². The van der Waals surface area contributed by atoms with Gasteiger partial charge in [0.05, 0.1) is 0 Å². The molecule has 72 valence electrons. The highest BCUT2D eigenvalue weighted by atomic mass is 14.5. The molecule has 0 saturated carbocycles. The van der Waals surface area contributed by atoms with Crippen LogP contribution in [0.2, 0.25) is 0 Å². The summed E-state index contributed by atoms with van der Waals surface area (Å²) in [4.78, 5) is 0. The summed E-state index contributed by atoms with van der Waals surface area (Å²) in [6.07, 6.45) is 4.77. The number of hydrogen-bond acceptors (Lipinski definition) is 1. The van der Waals surface area contributed by atoms with E-state index in [0.717, 1.165) is 12.5 Å². The number of rotatable bonds is 5.